The van der Waals surface area contributed by atoms with Crippen LogP contribution in [-0.2, 0) is 4.74 Å². The van der Waals surface area contributed by atoms with E-state index < -0.39 is 5.44 Å². The number of hydrogen-bond donors (Lipinski definition) is 0. The van der Waals surface area contributed by atoms with Gasteiger partial charge in [0.1, 0.15) is 12.4 Å². The molecule has 0 saturated heterocycles. The Morgan fingerprint density at radius 3 is 2.71 bits per heavy atom. The number of carbonyl (C=O) groups excluding carboxylic acids is 2. The van der Waals surface area contributed by atoms with Crippen molar-refractivity contribution in [1.82, 2.24) is 0 Å². The van der Waals surface area contributed by atoms with E-state index in [1.165, 1.54) is 11.8 Å². The summed E-state index contributed by atoms with van der Waals surface area (Å²) in [6.45, 7) is 4.00. The summed E-state index contributed by atoms with van der Waals surface area (Å²) >= 11 is 1.40. The molecule has 2 aromatic rings. The zero-order valence-electron chi connectivity index (χ0n) is 12.9. The number of thioether (sulfide) groups is 1. The van der Waals surface area contributed by atoms with Crippen LogP contribution in [0.25, 0.3) is 0 Å². The van der Waals surface area contributed by atoms with Gasteiger partial charge in [0, 0.05) is 10.5 Å². The Kier molecular flexibility index (Phi) is 5.01. The summed E-state index contributed by atoms with van der Waals surface area (Å²) in [6, 6.07) is 14.2. The molecule has 0 saturated carbocycles. The Morgan fingerprint density at radius 1 is 1.21 bits per heavy atom. The Labute approximate surface area is 144 Å². The molecule has 2 aromatic carbocycles. The van der Waals surface area contributed by atoms with Gasteiger partial charge in [-0.15, -0.1) is 0 Å². The quantitative estimate of drug-likeness (QED) is 0.450. The lowest BCUT2D eigenvalue weighted by molar-refractivity contribution is 0.0428. The minimum Gasteiger partial charge on any atom is -0.490 e. The van der Waals surface area contributed by atoms with Crippen LogP contribution in [0.2, 0.25) is 0 Å². The third kappa shape index (κ3) is 3.68. The fourth-order valence-corrected chi connectivity index (χ4v) is 3.42. The summed E-state index contributed by atoms with van der Waals surface area (Å²) in [7, 11) is 0. The molecular weight excluding hydrogens is 324 g/mol. The van der Waals surface area contributed by atoms with Crippen molar-refractivity contribution >= 4 is 23.5 Å². The van der Waals surface area contributed by atoms with E-state index in [4.69, 9.17) is 9.47 Å². The van der Waals surface area contributed by atoms with Crippen molar-refractivity contribution in [2.24, 2.45) is 0 Å². The van der Waals surface area contributed by atoms with Gasteiger partial charge in [-0.3, -0.25) is 4.79 Å². The largest absolute Gasteiger partial charge is 0.490 e. The molecule has 0 aromatic heterocycles. The van der Waals surface area contributed by atoms with Crippen molar-refractivity contribution in [2.75, 3.05) is 6.61 Å². The van der Waals surface area contributed by atoms with Crippen molar-refractivity contribution in [3.05, 3.63) is 72.3 Å². The maximum atomic E-state index is 12.4. The molecule has 1 aliphatic rings. The Balaban J connectivity index is 1.65. The Morgan fingerprint density at radius 2 is 1.96 bits per heavy atom. The van der Waals surface area contributed by atoms with Crippen LogP contribution in [0.1, 0.15) is 27.1 Å². The SMILES string of the molecule is C=CCOc1ccc(C(=O)CC2OC(=O)c3ccccc3S2)cc1. The summed E-state index contributed by atoms with van der Waals surface area (Å²) < 4.78 is 10.7. The molecule has 5 heteroatoms. The first-order valence-electron chi connectivity index (χ1n) is 7.51. The molecule has 4 nitrogen and oxygen atoms in total. The maximum Gasteiger partial charge on any atom is 0.340 e. The number of ketones is 1. The monoisotopic (exact) mass is 340 g/mol. The summed E-state index contributed by atoms with van der Waals surface area (Å²) in [4.78, 5) is 25.2. The highest BCUT2D eigenvalue weighted by Crippen LogP contribution is 2.35. The van der Waals surface area contributed by atoms with E-state index in [0.717, 1.165) is 4.90 Å². The smallest absolute Gasteiger partial charge is 0.340 e. The first kappa shape index (κ1) is 16.3. The van der Waals surface area contributed by atoms with Gasteiger partial charge in [-0.25, -0.2) is 4.79 Å². The van der Waals surface area contributed by atoms with Crippen molar-refractivity contribution in [3.63, 3.8) is 0 Å². The number of cyclic esters (lactones) is 1. The Hall–Kier alpha value is -2.53. The molecule has 0 aliphatic carbocycles. The number of Topliss-reactive ketones (excluding diaryl/α,β-unsaturated/α-hetero) is 1. The van der Waals surface area contributed by atoms with Crippen LogP contribution in [0.4, 0.5) is 0 Å². The minimum absolute atomic E-state index is 0.0741. The molecule has 0 spiro atoms. The van der Waals surface area contributed by atoms with E-state index in [0.29, 0.717) is 23.5 Å². The van der Waals surface area contributed by atoms with Gasteiger partial charge < -0.3 is 9.47 Å². The molecule has 1 unspecified atom stereocenters. The van der Waals surface area contributed by atoms with Crippen LogP contribution < -0.4 is 4.74 Å². The third-order valence-corrected chi connectivity index (χ3v) is 4.64. The van der Waals surface area contributed by atoms with Crippen LogP contribution >= 0.6 is 11.8 Å². The highest BCUT2D eigenvalue weighted by molar-refractivity contribution is 8.00. The molecule has 122 valence electrons. The second-order valence-electron chi connectivity index (χ2n) is 5.20. The summed E-state index contributed by atoms with van der Waals surface area (Å²) in [5.74, 6) is 0.226. The molecule has 1 heterocycles. The molecule has 1 atom stereocenters. The fourth-order valence-electron chi connectivity index (χ4n) is 2.33. The Bertz CT molecular complexity index is 767. The van der Waals surface area contributed by atoms with Gasteiger partial charge in [-0.05, 0) is 36.4 Å². The standard InChI is InChI=1S/C19H16O4S/c1-2-11-22-14-9-7-13(8-10-14)16(20)12-18-23-19(21)15-5-3-4-6-17(15)24-18/h2-10,18H,1,11-12H2. The molecule has 1 aliphatic heterocycles. The van der Waals surface area contributed by atoms with Crippen LogP contribution in [0, 0.1) is 0 Å². The lowest BCUT2D eigenvalue weighted by Crippen LogP contribution is -2.23. The number of esters is 1. The first-order valence-corrected chi connectivity index (χ1v) is 8.39. The van der Waals surface area contributed by atoms with Gasteiger partial charge in [0.25, 0.3) is 0 Å². The van der Waals surface area contributed by atoms with Crippen molar-refractivity contribution < 1.29 is 19.1 Å². The van der Waals surface area contributed by atoms with E-state index in [2.05, 4.69) is 6.58 Å². The molecule has 0 N–H and O–H groups in total. The first-order chi connectivity index (χ1) is 11.7. The lowest BCUT2D eigenvalue weighted by Gasteiger charge is -2.23. The van der Waals surface area contributed by atoms with Crippen LogP contribution in [-0.4, -0.2) is 23.8 Å². The highest BCUT2D eigenvalue weighted by Gasteiger charge is 2.28. The predicted molar refractivity (Wildman–Crippen MR) is 92.6 cm³/mol. The van der Waals surface area contributed by atoms with Crippen molar-refractivity contribution in [1.29, 1.82) is 0 Å². The van der Waals surface area contributed by atoms with Crippen molar-refractivity contribution in [2.45, 2.75) is 16.8 Å². The average molecular weight is 340 g/mol. The lowest BCUT2D eigenvalue weighted by atomic mass is 10.1. The average Bonchev–Trinajstić information content (AvgIpc) is 2.60. The van der Waals surface area contributed by atoms with Crippen LogP contribution in [0.3, 0.4) is 0 Å². The molecule has 0 amide bonds. The number of ether oxygens (including phenoxy) is 2. The number of fused-ring (bicyclic) bond motifs is 1. The highest BCUT2D eigenvalue weighted by atomic mass is 32.2. The van der Waals surface area contributed by atoms with Crippen LogP contribution in [0.5, 0.6) is 5.75 Å². The second kappa shape index (κ2) is 7.36. The number of benzene rings is 2. The molecular formula is C19H16O4S. The zero-order valence-corrected chi connectivity index (χ0v) is 13.8. The van der Waals surface area contributed by atoms with Gasteiger partial charge in [-0.1, -0.05) is 36.5 Å². The summed E-state index contributed by atoms with van der Waals surface area (Å²) in [5, 5.41) is 0. The number of hydrogen-bond acceptors (Lipinski definition) is 5. The third-order valence-electron chi connectivity index (χ3n) is 3.50. The van der Waals surface area contributed by atoms with E-state index in [1.54, 1.807) is 42.5 Å². The van der Waals surface area contributed by atoms with E-state index in [1.807, 2.05) is 12.1 Å². The van der Waals surface area contributed by atoms with Crippen molar-refractivity contribution in [3.8, 4) is 5.75 Å². The van der Waals surface area contributed by atoms with E-state index in [-0.39, 0.29) is 18.2 Å². The van der Waals surface area contributed by atoms with Gasteiger partial charge in [0.05, 0.1) is 12.0 Å². The zero-order chi connectivity index (χ0) is 16.9. The van der Waals surface area contributed by atoms with E-state index >= 15 is 0 Å². The topological polar surface area (TPSA) is 52.6 Å². The maximum absolute atomic E-state index is 12.4. The number of rotatable bonds is 6. The second-order valence-corrected chi connectivity index (χ2v) is 6.40. The minimum atomic E-state index is -0.503. The van der Waals surface area contributed by atoms with E-state index in [9.17, 15) is 9.59 Å². The predicted octanol–water partition coefficient (Wildman–Crippen LogP) is 4.11. The number of carbonyl (C=O) groups is 2. The molecule has 0 radical (unpaired) electrons. The summed E-state index contributed by atoms with van der Waals surface area (Å²) in [6.07, 6.45) is 1.79. The van der Waals surface area contributed by atoms with Gasteiger partial charge in [0.15, 0.2) is 11.2 Å². The molecule has 0 fully saturated rings. The van der Waals surface area contributed by atoms with Gasteiger partial charge in [-0.2, -0.15) is 0 Å². The summed E-state index contributed by atoms with van der Waals surface area (Å²) in [5.41, 5.74) is 0.614. The van der Waals surface area contributed by atoms with Gasteiger partial charge >= 0.3 is 5.97 Å². The molecule has 24 heavy (non-hydrogen) atoms. The molecule has 3 rings (SSSR count). The molecule has 0 bridgehead atoms. The van der Waals surface area contributed by atoms with Gasteiger partial charge in [0.2, 0.25) is 0 Å². The fraction of sp³-hybridized carbons (Fsp3) is 0.158. The normalized spacial score (nSPS) is 16.0. The van der Waals surface area contributed by atoms with Crippen LogP contribution in [0.15, 0.2) is 66.1 Å².